The van der Waals surface area contributed by atoms with Gasteiger partial charge < -0.3 is 4.42 Å². The van der Waals surface area contributed by atoms with Gasteiger partial charge in [0.15, 0.2) is 5.76 Å². The summed E-state index contributed by atoms with van der Waals surface area (Å²) in [6.07, 6.45) is 3.68. The predicted octanol–water partition coefficient (Wildman–Crippen LogP) is 3.46. The van der Waals surface area contributed by atoms with Crippen molar-refractivity contribution in [3.63, 3.8) is 0 Å². The van der Waals surface area contributed by atoms with E-state index in [1.807, 2.05) is 24.3 Å². The van der Waals surface area contributed by atoms with Crippen LogP contribution in [0.4, 0.5) is 0 Å². The molecule has 0 aliphatic rings. The number of benzene rings is 1. The van der Waals surface area contributed by atoms with Gasteiger partial charge in [0.2, 0.25) is 5.78 Å². The van der Waals surface area contributed by atoms with Crippen molar-refractivity contribution in [3.8, 4) is 0 Å². The number of hydrogen-bond donors (Lipinski definition) is 0. The Hall–Kier alpha value is -1.83. The minimum Gasteiger partial charge on any atom is -0.461 e. The maximum absolute atomic E-state index is 11.9. The summed E-state index contributed by atoms with van der Waals surface area (Å²) in [7, 11) is 0. The molecule has 1 heterocycles. The topological polar surface area (TPSA) is 30.2 Å². The van der Waals surface area contributed by atoms with Crippen LogP contribution < -0.4 is 0 Å². The van der Waals surface area contributed by atoms with Crippen LogP contribution in [0.1, 0.15) is 35.0 Å². The smallest absolute Gasteiger partial charge is 0.228 e. The average molecular weight is 214 g/mol. The van der Waals surface area contributed by atoms with Gasteiger partial charge in [0.1, 0.15) is 0 Å². The van der Waals surface area contributed by atoms with E-state index in [1.165, 1.54) is 11.8 Å². The highest BCUT2D eigenvalue weighted by molar-refractivity contribution is 6.07. The summed E-state index contributed by atoms with van der Waals surface area (Å²) in [5, 5.41) is 0. The molecule has 1 aromatic heterocycles. The van der Waals surface area contributed by atoms with Crippen LogP contribution in [0.25, 0.3) is 0 Å². The van der Waals surface area contributed by atoms with E-state index >= 15 is 0 Å². The fraction of sp³-hybridized carbons (Fsp3) is 0.214. The fourth-order valence-corrected chi connectivity index (χ4v) is 1.66. The second kappa shape index (κ2) is 4.79. The molecule has 0 aliphatic carbocycles. The monoisotopic (exact) mass is 214 g/mol. The second-order valence-corrected chi connectivity index (χ2v) is 3.75. The molecule has 0 fully saturated rings. The van der Waals surface area contributed by atoms with E-state index in [9.17, 15) is 4.79 Å². The fourth-order valence-electron chi connectivity index (χ4n) is 1.66. The third kappa shape index (κ3) is 2.22. The maximum Gasteiger partial charge on any atom is 0.228 e. The first-order valence-electron chi connectivity index (χ1n) is 5.48. The highest BCUT2D eigenvalue weighted by Gasteiger charge is 2.10. The minimum atomic E-state index is -0.0620. The molecule has 2 heteroatoms. The Kier molecular flexibility index (Phi) is 3.20. The molecular formula is C14H14O2. The number of hydrogen-bond acceptors (Lipinski definition) is 2. The lowest BCUT2D eigenvalue weighted by molar-refractivity contribution is 0.101. The molecule has 2 nitrogen and oxygen atoms in total. The van der Waals surface area contributed by atoms with Gasteiger partial charge >= 0.3 is 0 Å². The van der Waals surface area contributed by atoms with Gasteiger partial charge in [-0.05, 0) is 24.1 Å². The van der Waals surface area contributed by atoms with Gasteiger partial charge in [0.05, 0.1) is 6.26 Å². The molecule has 0 radical (unpaired) electrons. The van der Waals surface area contributed by atoms with Crippen molar-refractivity contribution in [1.82, 2.24) is 0 Å². The van der Waals surface area contributed by atoms with Crippen molar-refractivity contribution in [2.24, 2.45) is 0 Å². The first-order valence-corrected chi connectivity index (χ1v) is 5.48. The predicted molar refractivity (Wildman–Crippen MR) is 62.6 cm³/mol. The Balaban J connectivity index is 2.19. The normalized spacial score (nSPS) is 10.3. The quantitative estimate of drug-likeness (QED) is 0.729. The molecule has 0 bridgehead atoms. The summed E-state index contributed by atoms with van der Waals surface area (Å²) >= 11 is 0. The molecule has 16 heavy (non-hydrogen) atoms. The van der Waals surface area contributed by atoms with Gasteiger partial charge in [-0.15, -0.1) is 0 Å². The lowest BCUT2D eigenvalue weighted by Gasteiger charge is -2.00. The summed E-state index contributed by atoms with van der Waals surface area (Å²) in [6, 6.07) is 11.1. The molecule has 0 N–H and O–H groups in total. The zero-order valence-corrected chi connectivity index (χ0v) is 9.27. The van der Waals surface area contributed by atoms with Crippen LogP contribution in [-0.4, -0.2) is 5.78 Å². The molecule has 0 saturated carbocycles. The van der Waals surface area contributed by atoms with Gasteiger partial charge in [-0.2, -0.15) is 0 Å². The summed E-state index contributed by atoms with van der Waals surface area (Å²) in [5.74, 6) is 0.330. The third-order valence-electron chi connectivity index (χ3n) is 2.50. The highest BCUT2D eigenvalue weighted by atomic mass is 16.3. The van der Waals surface area contributed by atoms with Crippen LogP contribution in [0.2, 0.25) is 0 Å². The zero-order valence-electron chi connectivity index (χ0n) is 9.27. The molecule has 0 spiro atoms. The van der Waals surface area contributed by atoms with Crippen LogP contribution in [0.3, 0.4) is 0 Å². The van der Waals surface area contributed by atoms with E-state index in [2.05, 4.69) is 6.92 Å². The first kappa shape index (κ1) is 10.7. The maximum atomic E-state index is 11.9. The Morgan fingerprint density at radius 2 is 1.94 bits per heavy atom. The Labute approximate surface area is 94.9 Å². The molecule has 0 atom stereocenters. The summed E-state index contributed by atoms with van der Waals surface area (Å²) in [6.45, 7) is 2.14. The Morgan fingerprint density at radius 1 is 1.19 bits per heavy atom. The van der Waals surface area contributed by atoms with Gasteiger partial charge in [0, 0.05) is 5.56 Å². The van der Waals surface area contributed by atoms with Crippen LogP contribution in [-0.2, 0) is 6.42 Å². The number of ketones is 1. The summed E-state index contributed by atoms with van der Waals surface area (Å²) in [5.41, 5.74) is 1.94. The number of carbonyl (C=O) groups excluding carboxylic acids is 1. The Morgan fingerprint density at radius 3 is 2.50 bits per heavy atom. The number of carbonyl (C=O) groups is 1. The van der Waals surface area contributed by atoms with E-state index in [1.54, 1.807) is 12.1 Å². The largest absolute Gasteiger partial charge is 0.461 e. The summed E-state index contributed by atoms with van der Waals surface area (Å²) < 4.78 is 5.08. The van der Waals surface area contributed by atoms with Crippen LogP contribution in [0.5, 0.6) is 0 Å². The first-order chi connectivity index (χ1) is 7.81. The lowest BCUT2D eigenvalue weighted by Crippen LogP contribution is -1.99. The molecule has 0 saturated heterocycles. The number of rotatable bonds is 4. The number of furan rings is 1. The molecule has 2 rings (SSSR count). The van der Waals surface area contributed by atoms with Crippen LogP contribution in [0.15, 0.2) is 47.1 Å². The molecule has 82 valence electrons. The van der Waals surface area contributed by atoms with Gasteiger partial charge in [-0.1, -0.05) is 37.6 Å². The van der Waals surface area contributed by atoms with Crippen molar-refractivity contribution in [3.05, 3.63) is 59.5 Å². The van der Waals surface area contributed by atoms with Crippen LogP contribution in [0, 0.1) is 0 Å². The molecule has 0 amide bonds. The third-order valence-corrected chi connectivity index (χ3v) is 2.50. The Bertz CT molecular complexity index is 452. The van der Waals surface area contributed by atoms with Crippen LogP contribution >= 0.6 is 0 Å². The van der Waals surface area contributed by atoms with Gasteiger partial charge in [-0.25, -0.2) is 0 Å². The van der Waals surface area contributed by atoms with Crippen molar-refractivity contribution in [2.45, 2.75) is 19.8 Å². The molecule has 0 aliphatic heterocycles. The van der Waals surface area contributed by atoms with E-state index in [4.69, 9.17) is 4.42 Å². The van der Waals surface area contributed by atoms with Gasteiger partial charge in [-0.3, -0.25) is 4.79 Å². The molecule has 0 unspecified atom stereocenters. The lowest BCUT2D eigenvalue weighted by atomic mass is 10.0. The zero-order chi connectivity index (χ0) is 11.4. The van der Waals surface area contributed by atoms with E-state index in [0.29, 0.717) is 11.3 Å². The summed E-state index contributed by atoms with van der Waals surface area (Å²) in [4.78, 5) is 11.9. The van der Waals surface area contributed by atoms with Crippen molar-refractivity contribution < 1.29 is 9.21 Å². The molecule has 2 aromatic rings. The SMILES string of the molecule is CCCc1ccc(C(=O)c2ccco2)cc1. The van der Waals surface area contributed by atoms with Crippen molar-refractivity contribution >= 4 is 5.78 Å². The molecule has 1 aromatic carbocycles. The number of aryl methyl sites for hydroxylation is 1. The van der Waals surface area contributed by atoms with E-state index < -0.39 is 0 Å². The van der Waals surface area contributed by atoms with Gasteiger partial charge in [0.25, 0.3) is 0 Å². The molecular weight excluding hydrogens is 200 g/mol. The van der Waals surface area contributed by atoms with E-state index in [-0.39, 0.29) is 5.78 Å². The van der Waals surface area contributed by atoms with Crippen molar-refractivity contribution in [1.29, 1.82) is 0 Å². The highest BCUT2D eigenvalue weighted by Crippen LogP contribution is 2.12. The average Bonchev–Trinajstić information content (AvgIpc) is 2.83. The minimum absolute atomic E-state index is 0.0620. The van der Waals surface area contributed by atoms with E-state index in [0.717, 1.165) is 12.8 Å². The standard InChI is InChI=1S/C14H14O2/c1-2-4-11-6-8-12(9-7-11)14(15)13-5-3-10-16-13/h3,5-10H,2,4H2,1H3. The second-order valence-electron chi connectivity index (χ2n) is 3.75. The van der Waals surface area contributed by atoms with Crippen molar-refractivity contribution in [2.75, 3.05) is 0 Å².